The topological polar surface area (TPSA) is 51.8 Å². The summed E-state index contributed by atoms with van der Waals surface area (Å²) in [6, 6.07) is 65.0. The second-order valence-electron chi connectivity index (χ2n) is 13.2. The zero-order valence-electron chi connectivity index (χ0n) is 28.6. The van der Waals surface area contributed by atoms with Gasteiger partial charge in [0.15, 0.2) is 17.5 Å². The Morgan fingerprint density at radius 3 is 1.30 bits per heavy atom. The number of nitrogens with zero attached hydrogens (tertiary/aromatic N) is 3. The molecule has 0 aliphatic heterocycles. The Hall–Kier alpha value is -7.17. The van der Waals surface area contributed by atoms with Crippen LogP contribution in [-0.4, -0.2) is 15.0 Å². The van der Waals surface area contributed by atoms with Crippen molar-refractivity contribution in [2.24, 2.45) is 0 Å². The molecule has 0 atom stereocenters. The van der Waals surface area contributed by atoms with Crippen molar-refractivity contribution in [3.8, 4) is 67.5 Å². The molecule has 0 saturated heterocycles. The predicted molar refractivity (Wildman–Crippen MR) is 217 cm³/mol. The molecule has 53 heavy (non-hydrogen) atoms. The highest BCUT2D eigenvalue weighted by Gasteiger charge is 2.20. The number of aromatic nitrogens is 3. The van der Waals surface area contributed by atoms with Crippen LogP contribution in [0.4, 0.5) is 0 Å². The summed E-state index contributed by atoms with van der Waals surface area (Å²) in [5.74, 6) is 1.81. The molecule has 0 saturated carbocycles. The van der Waals surface area contributed by atoms with Gasteiger partial charge in [-0.15, -0.1) is 0 Å². The number of hydrogen-bond donors (Lipinski definition) is 0. The summed E-state index contributed by atoms with van der Waals surface area (Å²) in [7, 11) is 0. The third kappa shape index (κ3) is 5.54. The van der Waals surface area contributed by atoms with Crippen molar-refractivity contribution in [3.63, 3.8) is 0 Å². The Bertz CT molecular complexity index is 2800. The minimum absolute atomic E-state index is 0.589. The van der Waals surface area contributed by atoms with Gasteiger partial charge < -0.3 is 4.42 Å². The van der Waals surface area contributed by atoms with E-state index in [0.717, 1.165) is 82.8 Å². The van der Waals surface area contributed by atoms with Crippen molar-refractivity contribution in [1.82, 2.24) is 15.0 Å². The Morgan fingerprint density at radius 1 is 0.283 bits per heavy atom. The first kappa shape index (κ1) is 30.6. The van der Waals surface area contributed by atoms with Crippen molar-refractivity contribution >= 4 is 32.7 Å². The maximum absolute atomic E-state index is 6.65. The second kappa shape index (κ2) is 12.9. The molecule has 4 nitrogen and oxygen atoms in total. The van der Waals surface area contributed by atoms with Crippen LogP contribution in [0.15, 0.2) is 192 Å². The van der Waals surface area contributed by atoms with E-state index in [0.29, 0.717) is 17.5 Å². The molecule has 0 spiro atoms. The standard InChI is InChI=1S/C49H31N3O/c1-4-13-32(14-5-1)34-23-27-37(28-24-34)47-50-48(38-29-25-35(26-30-38)33-15-6-2-7-16-33)52-49(51-47)42-31-44-46(41-20-11-10-19-40(41)42)45-39(21-12-22-43(45)53-44)36-17-8-3-9-18-36/h1-31H. The SMILES string of the molecule is c1ccc(-c2ccc(-c3nc(-c4ccc(-c5ccccc5)cc4)nc(-c4cc5oc6cccc(-c7ccccc7)c6c5c5ccccc45)n3)cc2)cc1. The number of rotatable bonds is 6. The number of benzene rings is 8. The lowest BCUT2D eigenvalue weighted by atomic mass is 9.94. The Kier molecular flexibility index (Phi) is 7.43. The van der Waals surface area contributed by atoms with Crippen LogP contribution in [0.25, 0.3) is 100 Å². The first-order valence-electron chi connectivity index (χ1n) is 17.8. The lowest BCUT2D eigenvalue weighted by molar-refractivity contribution is 0.669. The fourth-order valence-electron chi connectivity index (χ4n) is 7.36. The average molecular weight is 678 g/mol. The van der Waals surface area contributed by atoms with Crippen LogP contribution in [0.1, 0.15) is 0 Å². The predicted octanol–water partition coefficient (Wildman–Crippen LogP) is 12.9. The Morgan fingerprint density at radius 2 is 0.736 bits per heavy atom. The van der Waals surface area contributed by atoms with Gasteiger partial charge in [-0.1, -0.05) is 176 Å². The van der Waals surface area contributed by atoms with E-state index in [4.69, 9.17) is 19.4 Å². The molecule has 0 unspecified atom stereocenters. The molecule has 2 heterocycles. The van der Waals surface area contributed by atoms with Gasteiger partial charge in [0.05, 0.1) is 0 Å². The van der Waals surface area contributed by atoms with Crippen LogP contribution < -0.4 is 0 Å². The third-order valence-corrected chi connectivity index (χ3v) is 9.97. The highest BCUT2D eigenvalue weighted by atomic mass is 16.3. The van der Waals surface area contributed by atoms with Gasteiger partial charge in [-0.05, 0) is 56.3 Å². The van der Waals surface area contributed by atoms with Crippen LogP contribution in [0.3, 0.4) is 0 Å². The van der Waals surface area contributed by atoms with Crippen LogP contribution in [0.5, 0.6) is 0 Å². The van der Waals surface area contributed by atoms with E-state index in [1.165, 1.54) is 0 Å². The fourth-order valence-corrected chi connectivity index (χ4v) is 7.36. The molecule has 2 aromatic heterocycles. The second-order valence-corrected chi connectivity index (χ2v) is 13.2. The maximum Gasteiger partial charge on any atom is 0.164 e. The quantitative estimate of drug-likeness (QED) is 0.176. The molecule has 0 bridgehead atoms. The maximum atomic E-state index is 6.65. The molecular formula is C49H31N3O. The van der Waals surface area contributed by atoms with E-state index in [2.05, 4.69) is 164 Å². The monoisotopic (exact) mass is 677 g/mol. The Balaban J connectivity index is 1.18. The van der Waals surface area contributed by atoms with Gasteiger partial charge in [0.25, 0.3) is 0 Å². The molecule has 4 heteroatoms. The third-order valence-electron chi connectivity index (χ3n) is 9.97. The van der Waals surface area contributed by atoms with Gasteiger partial charge >= 0.3 is 0 Å². The molecule has 0 aliphatic rings. The average Bonchev–Trinajstić information content (AvgIpc) is 3.63. The van der Waals surface area contributed by atoms with Gasteiger partial charge in [-0.25, -0.2) is 15.0 Å². The zero-order valence-corrected chi connectivity index (χ0v) is 28.6. The fraction of sp³-hybridized carbons (Fsp3) is 0. The first-order valence-corrected chi connectivity index (χ1v) is 17.8. The van der Waals surface area contributed by atoms with E-state index in [1.54, 1.807) is 0 Å². The van der Waals surface area contributed by atoms with Gasteiger partial charge in [0.1, 0.15) is 11.2 Å². The van der Waals surface area contributed by atoms with Gasteiger partial charge in [0, 0.05) is 27.5 Å². The molecule has 8 aromatic carbocycles. The van der Waals surface area contributed by atoms with E-state index < -0.39 is 0 Å². The zero-order chi connectivity index (χ0) is 35.1. The normalized spacial score (nSPS) is 11.4. The summed E-state index contributed by atoms with van der Waals surface area (Å²) in [6.45, 7) is 0. The summed E-state index contributed by atoms with van der Waals surface area (Å²) >= 11 is 0. The molecular weight excluding hydrogens is 647 g/mol. The van der Waals surface area contributed by atoms with Crippen molar-refractivity contribution in [2.45, 2.75) is 0 Å². The van der Waals surface area contributed by atoms with E-state index in [1.807, 2.05) is 24.3 Å². The molecule has 0 amide bonds. The van der Waals surface area contributed by atoms with Crippen LogP contribution in [0.2, 0.25) is 0 Å². The largest absolute Gasteiger partial charge is 0.456 e. The van der Waals surface area contributed by atoms with E-state index in [9.17, 15) is 0 Å². The van der Waals surface area contributed by atoms with Crippen molar-refractivity contribution < 1.29 is 4.42 Å². The van der Waals surface area contributed by atoms with E-state index in [-0.39, 0.29) is 0 Å². The highest BCUT2D eigenvalue weighted by Crippen LogP contribution is 2.43. The minimum atomic E-state index is 0.589. The van der Waals surface area contributed by atoms with E-state index >= 15 is 0 Å². The smallest absolute Gasteiger partial charge is 0.164 e. The molecule has 0 radical (unpaired) electrons. The minimum Gasteiger partial charge on any atom is -0.456 e. The van der Waals surface area contributed by atoms with Gasteiger partial charge in [0.2, 0.25) is 0 Å². The lowest BCUT2D eigenvalue weighted by Crippen LogP contribution is -2.00. The molecule has 0 aliphatic carbocycles. The summed E-state index contributed by atoms with van der Waals surface area (Å²) in [6.07, 6.45) is 0. The number of fused-ring (bicyclic) bond motifs is 5. The summed E-state index contributed by atoms with van der Waals surface area (Å²) < 4.78 is 6.65. The van der Waals surface area contributed by atoms with Crippen molar-refractivity contribution in [1.29, 1.82) is 0 Å². The van der Waals surface area contributed by atoms with Crippen LogP contribution in [-0.2, 0) is 0 Å². The molecule has 0 fully saturated rings. The van der Waals surface area contributed by atoms with Gasteiger partial charge in [-0.2, -0.15) is 0 Å². The molecule has 10 aromatic rings. The number of hydrogen-bond acceptors (Lipinski definition) is 4. The molecule has 10 rings (SSSR count). The Labute approximate surface area is 306 Å². The first-order chi connectivity index (χ1) is 26.3. The molecule has 248 valence electrons. The summed E-state index contributed by atoms with van der Waals surface area (Å²) in [5.41, 5.74) is 11.2. The van der Waals surface area contributed by atoms with Crippen LogP contribution in [0, 0.1) is 0 Å². The summed E-state index contributed by atoms with van der Waals surface area (Å²) in [4.78, 5) is 15.4. The van der Waals surface area contributed by atoms with Crippen LogP contribution >= 0.6 is 0 Å². The molecule has 0 N–H and O–H groups in total. The summed E-state index contributed by atoms with van der Waals surface area (Å²) in [5, 5.41) is 4.32. The number of furan rings is 1. The van der Waals surface area contributed by atoms with Crippen molar-refractivity contribution in [3.05, 3.63) is 188 Å². The van der Waals surface area contributed by atoms with Crippen molar-refractivity contribution in [2.75, 3.05) is 0 Å². The van der Waals surface area contributed by atoms with Gasteiger partial charge in [-0.3, -0.25) is 0 Å². The highest BCUT2D eigenvalue weighted by molar-refractivity contribution is 6.25. The lowest BCUT2D eigenvalue weighted by Gasteiger charge is -2.12.